The summed E-state index contributed by atoms with van der Waals surface area (Å²) in [7, 11) is 0. The number of carboxylic acids is 3. The smallest absolute Gasteiger partial charge is 0.326 e. The summed E-state index contributed by atoms with van der Waals surface area (Å²) in [6.07, 6.45) is -1.91. The Bertz CT molecular complexity index is 638. The monoisotopic (exact) mass is 406 g/mol. The van der Waals surface area contributed by atoms with Gasteiger partial charge in [0.05, 0.1) is 19.4 Å². The summed E-state index contributed by atoms with van der Waals surface area (Å²) in [6.45, 7) is 0.502. The Hall–Kier alpha value is -3.26. The van der Waals surface area contributed by atoms with Gasteiger partial charge in [0.15, 0.2) is 0 Å². The predicted molar refractivity (Wildman–Crippen MR) is 88.7 cm³/mol. The van der Waals surface area contributed by atoms with Crippen molar-refractivity contribution in [1.82, 2.24) is 16.0 Å². The second kappa shape index (κ2) is 11.5. The van der Waals surface area contributed by atoms with E-state index in [9.17, 15) is 28.8 Å². The first kappa shape index (κ1) is 24.7. The second-order valence-electron chi connectivity index (χ2n) is 5.68. The highest BCUT2D eigenvalue weighted by Crippen LogP contribution is 1.99. The van der Waals surface area contributed by atoms with E-state index in [2.05, 4.69) is 5.32 Å². The Kier molecular flexibility index (Phi) is 10.1. The van der Waals surface area contributed by atoms with Crippen LogP contribution in [0.25, 0.3) is 0 Å². The van der Waals surface area contributed by atoms with Gasteiger partial charge < -0.3 is 42.1 Å². The standard InChI is InChI=1S/C14H22N4O10/c1-5(16-12(25)6(15)4-19)11(24)17-7(2-9(20)21)13(26)18-8(14(27)28)3-10(22)23/h5-8,19H,2-4,15H2,1H3,(H,16,25)(H,17,24)(H,18,26)(H,20,21)(H,22,23)(H,27,28). The van der Waals surface area contributed by atoms with Crippen LogP contribution >= 0.6 is 0 Å². The molecule has 28 heavy (non-hydrogen) atoms. The molecule has 0 saturated heterocycles. The van der Waals surface area contributed by atoms with Gasteiger partial charge in [-0.05, 0) is 6.92 Å². The summed E-state index contributed by atoms with van der Waals surface area (Å²) in [6, 6.07) is -6.17. The SMILES string of the molecule is CC(NC(=O)C(N)CO)C(=O)NC(CC(=O)O)C(=O)NC(CC(=O)O)C(=O)O. The number of hydrogen-bond acceptors (Lipinski definition) is 8. The first-order chi connectivity index (χ1) is 12.9. The average Bonchev–Trinajstić information content (AvgIpc) is 2.58. The third kappa shape index (κ3) is 8.91. The minimum atomic E-state index is -1.85. The fourth-order valence-electron chi connectivity index (χ4n) is 1.80. The summed E-state index contributed by atoms with van der Waals surface area (Å²) >= 11 is 0. The number of amides is 3. The molecule has 0 heterocycles. The number of carbonyl (C=O) groups excluding carboxylic acids is 3. The van der Waals surface area contributed by atoms with Crippen molar-refractivity contribution >= 4 is 35.6 Å². The Morgan fingerprint density at radius 1 is 0.786 bits per heavy atom. The van der Waals surface area contributed by atoms with Crippen LogP contribution in [0, 0.1) is 0 Å². The molecule has 4 unspecified atom stereocenters. The molecule has 14 nitrogen and oxygen atoms in total. The molecule has 0 saturated carbocycles. The zero-order chi connectivity index (χ0) is 22.0. The summed E-state index contributed by atoms with van der Waals surface area (Å²) in [5.74, 6) is -7.82. The predicted octanol–water partition coefficient (Wildman–Crippen LogP) is -4.19. The summed E-state index contributed by atoms with van der Waals surface area (Å²) < 4.78 is 0. The molecular weight excluding hydrogens is 384 g/mol. The van der Waals surface area contributed by atoms with Crippen molar-refractivity contribution in [1.29, 1.82) is 0 Å². The number of nitrogens with two attached hydrogens (primary N) is 1. The summed E-state index contributed by atoms with van der Waals surface area (Å²) in [5.41, 5.74) is 5.26. The topological polar surface area (TPSA) is 245 Å². The number of aliphatic hydroxyl groups excluding tert-OH is 1. The normalized spacial score (nSPS) is 14.7. The zero-order valence-electron chi connectivity index (χ0n) is 14.7. The molecule has 0 aromatic carbocycles. The molecule has 14 heteroatoms. The molecule has 0 rings (SSSR count). The molecule has 0 aromatic heterocycles. The van der Waals surface area contributed by atoms with Gasteiger partial charge in [0.2, 0.25) is 17.7 Å². The number of nitrogens with one attached hydrogen (secondary N) is 3. The van der Waals surface area contributed by atoms with Crippen LogP contribution in [0.4, 0.5) is 0 Å². The van der Waals surface area contributed by atoms with Crippen molar-refractivity contribution in [2.75, 3.05) is 6.61 Å². The van der Waals surface area contributed by atoms with E-state index in [1.165, 1.54) is 6.92 Å². The Morgan fingerprint density at radius 2 is 1.25 bits per heavy atom. The molecule has 0 aliphatic heterocycles. The number of aliphatic hydroxyl groups is 1. The van der Waals surface area contributed by atoms with Gasteiger partial charge >= 0.3 is 17.9 Å². The van der Waals surface area contributed by atoms with E-state index >= 15 is 0 Å². The number of hydrogen-bond donors (Lipinski definition) is 8. The lowest BCUT2D eigenvalue weighted by atomic mass is 10.1. The van der Waals surface area contributed by atoms with Crippen molar-refractivity contribution in [2.45, 2.75) is 43.9 Å². The largest absolute Gasteiger partial charge is 0.481 e. The maximum absolute atomic E-state index is 12.1. The lowest BCUT2D eigenvalue weighted by Crippen LogP contribution is -2.57. The third-order valence-corrected chi connectivity index (χ3v) is 3.29. The lowest BCUT2D eigenvalue weighted by molar-refractivity contribution is -0.148. The van der Waals surface area contributed by atoms with Gasteiger partial charge in [-0.3, -0.25) is 24.0 Å². The highest BCUT2D eigenvalue weighted by atomic mass is 16.4. The van der Waals surface area contributed by atoms with Crippen LogP contribution in [0.1, 0.15) is 19.8 Å². The van der Waals surface area contributed by atoms with Crippen LogP contribution in [0.15, 0.2) is 0 Å². The van der Waals surface area contributed by atoms with Crippen LogP contribution < -0.4 is 21.7 Å². The molecule has 0 fully saturated rings. The zero-order valence-corrected chi connectivity index (χ0v) is 14.7. The molecule has 158 valence electrons. The van der Waals surface area contributed by atoms with Crippen molar-refractivity contribution in [2.24, 2.45) is 5.73 Å². The van der Waals surface area contributed by atoms with Crippen LogP contribution in [0.3, 0.4) is 0 Å². The minimum absolute atomic E-state index is 0.690. The number of carbonyl (C=O) groups is 6. The van der Waals surface area contributed by atoms with E-state index < -0.39 is 79.2 Å². The van der Waals surface area contributed by atoms with Gasteiger partial charge in [0.1, 0.15) is 24.2 Å². The fourth-order valence-corrected chi connectivity index (χ4v) is 1.80. The van der Waals surface area contributed by atoms with Gasteiger partial charge in [-0.2, -0.15) is 0 Å². The first-order valence-corrected chi connectivity index (χ1v) is 7.83. The van der Waals surface area contributed by atoms with E-state index in [-0.39, 0.29) is 0 Å². The van der Waals surface area contributed by atoms with Crippen molar-refractivity contribution < 1.29 is 49.2 Å². The molecule has 0 aliphatic rings. The third-order valence-electron chi connectivity index (χ3n) is 3.29. The molecule has 3 amide bonds. The highest BCUT2D eigenvalue weighted by Gasteiger charge is 2.31. The second-order valence-corrected chi connectivity index (χ2v) is 5.68. The van der Waals surface area contributed by atoms with Gasteiger partial charge in [-0.25, -0.2) is 4.79 Å². The molecular formula is C14H22N4O10. The van der Waals surface area contributed by atoms with Crippen molar-refractivity contribution in [3.63, 3.8) is 0 Å². The van der Waals surface area contributed by atoms with Crippen LogP contribution in [0.5, 0.6) is 0 Å². The van der Waals surface area contributed by atoms with E-state index in [4.69, 9.17) is 26.2 Å². The number of aliphatic carboxylic acids is 3. The van der Waals surface area contributed by atoms with Crippen LogP contribution in [-0.4, -0.2) is 86.8 Å². The number of rotatable bonds is 12. The molecule has 0 spiro atoms. The summed E-state index contributed by atoms with van der Waals surface area (Å²) in [5, 5.41) is 41.2. The van der Waals surface area contributed by atoms with E-state index in [1.807, 2.05) is 10.6 Å². The molecule has 0 aromatic rings. The van der Waals surface area contributed by atoms with Gasteiger partial charge in [-0.15, -0.1) is 0 Å². The van der Waals surface area contributed by atoms with Gasteiger partial charge in [-0.1, -0.05) is 0 Å². The minimum Gasteiger partial charge on any atom is -0.481 e. The van der Waals surface area contributed by atoms with Gasteiger partial charge in [0, 0.05) is 0 Å². The van der Waals surface area contributed by atoms with Gasteiger partial charge in [0.25, 0.3) is 0 Å². The maximum Gasteiger partial charge on any atom is 0.326 e. The lowest BCUT2D eigenvalue weighted by Gasteiger charge is -2.22. The van der Waals surface area contributed by atoms with Crippen molar-refractivity contribution in [3.8, 4) is 0 Å². The molecule has 0 aliphatic carbocycles. The first-order valence-electron chi connectivity index (χ1n) is 7.83. The van der Waals surface area contributed by atoms with Crippen LogP contribution in [-0.2, 0) is 28.8 Å². The van der Waals surface area contributed by atoms with Crippen LogP contribution in [0.2, 0.25) is 0 Å². The van der Waals surface area contributed by atoms with E-state index in [0.29, 0.717) is 0 Å². The Balaban J connectivity index is 5.14. The summed E-state index contributed by atoms with van der Waals surface area (Å²) in [4.78, 5) is 68.3. The molecule has 0 bridgehead atoms. The Labute approximate surface area is 158 Å². The fraction of sp³-hybridized carbons (Fsp3) is 0.571. The highest BCUT2D eigenvalue weighted by molar-refractivity contribution is 5.95. The quantitative estimate of drug-likeness (QED) is 0.154. The maximum atomic E-state index is 12.1. The average molecular weight is 406 g/mol. The Morgan fingerprint density at radius 3 is 1.68 bits per heavy atom. The molecule has 9 N–H and O–H groups in total. The number of carboxylic acid groups (broad SMARTS) is 3. The van der Waals surface area contributed by atoms with E-state index in [0.717, 1.165) is 0 Å². The molecule has 0 radical (unpaired) electrons. The van der Waals surface area contributed by atoms with Crippen molar-refractivity contribution in [3.05, 3.63) is 0 Å². The van der Waals surface area contributed by atoms with E-state index in [1.54, 1.807) is 0 Å². The molecule has 4 atom stereocenters.